The molecule has 0 atom stereocenters. The van der Waals surface area contributed by atoms with Crippen molar-refractivity contribution in [2.24, 2.45) is 4.99 Å². The first-order chi connectivity index (χ1) is 12.2. The summed E-state index contributed by atoms with van der Waals surface area (Å²) in [6.07, 6.45) is 5.86. The highest BCUT2D eigenvalue weighted by Crippen LogP contribution is 2.32. The van der Waals surface area contributed by atoms with Crippen LogP contribution < -0.4 is 4.74 Å². The van der Waals surface area contributed by atoms with Crippen LogP contribution >= 0.6 is 0 Å². The molecular weight excluding hydrogens is 312 g/mol. The van der Waals surface area contributed by atoms with Crippen LogP contribution in [0.2, 0.25) is 0 Å². The molecule has 3 aromatic rings. The Morgan fingerprint density at radius 1 is 1.24 bits per heavy atom. The number of fused-ring (bicyclic) bond motifs is 1. The van der Waals surface area contributed by atoms with Crippen LogP contribution in [0.5, 0.6) is 11.5 Å². The molecule has 0 unspecified atom stereocenters. The molecule has 0 aliphatic rings. The van der Waals surface area contributed by atoms with Gasteiger partial charge in [-0.2, -0.15) is 0 Å². The predicted molar refractivity (Wildman–Crippen MR) is 102 cm³/mol. The van der Waals surface area contributed by atoms with Crippen LogP contribution in [0.15, 0.2) is 66.3 Å². The lowest BCUT2D eigenvalue weighted by Gasteiger charge is -2.10. The van der Waals surface area contributed by atoms with E-state index in [1.54, 1.807) is 24.6 Å². The SMILES string of the molecule is C=CCc1cc(C=Nc2ccc3ncccc3c2)cc(OCC)c1O. The lowest BCUT2D eigenvalue weighted by atomic mass is 10.1. The molecular formula is C21H20N2O2. The summed E-state index contributed by atoms with van der Waals surface area (Å²) in [5, 5.41) is 11.3. The number of hydrogen-bond donors (Lipinski definition) is 1. The number of hydrogen-bond acceptors (Lipinski definition) is 4. The molecule has 0 saturated heterocycles. The van der Waals surface area contributed by atoms with Gasteiger partial charge in [-0.1, -0.05) is 12.1 Å². The highest BCUT2D eigenvalue weighted by atomic mass is 16.5. The van der Waals surface area contributed by atoms with Crippen molar-refractivity contribution in [3.8, 4) is 11.5 Å². The standard InChI is InChI=1S/C21H20N2O2/c1-3-6-17-11-15(12-20(21(17)24)25-4-2)14-23-18-8-9-19-16(13-18)7-5-10-22-19/h3,5,7-14,24H,1,4,6H2,2H3. The molecule has 0 bridgehead atoms. The Kier molecular flexibility index (Phi) is 5.09. The second-order valence-corrected chi connectivity index (χ2v) is 5.59. The Labute approximate surface area is 147 Å². The number of aliphatic imine (C=N–C) groups is 1. The lowest BCUT2D eigenvalue weighted by Crippen LogP contribution is -1.96. The molecule has 1 N–H and O–H groups in total. The Morgan fingerprint density at radius 3 is 2.92 bits per heavy atom. The van der Waals surface area contributed by atoms with Crippen molar-refractivity contribution < 1.29 is 9.84 Å². The molecule has 3 rings (SSSR count). The van der Waals surface area contributed by atoms with E-state index in [1.165, 1.54) is 0 Å². The van der Waals surface area contributed by atoms with Gasteiger partial charge < -0.3 is 9.84 Å². The fraction of sp³-hybridized carbons (Fsp3) is 0.143. The Hall–Kier alpha value is -3.14. The second kappa shape index (κ2) is 7.62. The molecule has 4 nitrogen and oxygen atoms in total. The first-order valence-corrected chi connectivity index (χ1v) is 8.19. The summed E-state index contributed by atoms with van der Waals surface area (Å²) < 4.78 is 5.52. The third-order valence-corrected chi connectivity index (χ3v) is 3.79. The number of nitrogens with zero attached hydrogens (tertiary/aromatic N) is 2. The summed E-state index contributed by atoms with van der Waals surface area (Å²) in [6.45, 7) is 6.10. The summed E-state index contributed by atoms with van der Waals surface area (Å²) in [5.74, 6) is 0.627. The summed E-state index contributed by atoms with van der Waals surface area (Å²) in [4.78, 5) is 8.85. The minimum absolute atomic E-state index is 0.163. The van der Waals surface area contributed by atoms with Crippen LogP contribution in [0, 0.1) is 0 Å². The van der Waals surface area contributed by atoms with E-state index in [2.05, 4.69) is 16.6 Å². The molecule has 0 radical (unpaired) electrons. The van der Waals surface area contributed by atoms with Crippen LogP contribution in [0.25, 0.3) is 10.9 Å². The topological polar surface area (TPSA) is 54.7 Å². The molecule has 0 fully saturated rings. The maximum atomic E-state index is 10.3. The highest BCUT2D eigenvalue weighted by Gasteiger charge is 2.09. The fourth-order valence-corrected chi connectivity index (χ4v) is 2.63. The van der Waals surface area contributed by atoms with E-state index < -0.39 is 0 Å². The predicted octanol–water partition coefficient (Wildman–Crippen LogP) is 4.82. The van der Waals surface area contributed by atoms with E-state index in [-0.39, 0.29) is 5.75 Å². The Morgan fingerprint density at radius 2 is 2.12 bits per heavy atom. The zero-order valence-corrected chi connectivity index (χ0v) is 14.1. The van der Waals surface area contributed by atoms with Gasteiger partial charge in [0.05, 0.1) is 17.8 Å². The van der Waals surface area contributed by atoms with Crippen molar-refractivity contribution >= 4 is 22.8 Å². The number of ether oxygens (including phenoxy) is 1. The van der Waals surface area contributed by atoms with Gasteiger partial charge in [-0.15, -0.1) is 6.58 Å². The molecule has 0 spiro atoms. The van der Waals surface area contributed by atoms with Crippen LogP contribution in [0.3, 0.4) is 0 Å². The van der Waals surface area contributed by atoms with Crippen LogP contribution in [0.4, 0.5) is 5.69 Å². The van der Waals surface area contributed by atoms with Gasteiger partial charge in [0.1, 0.15) is 0 Å². The number of allylic oxidation sites excluding steroid dienone is 1. The van der Waals surface area contributed by atoms with Crippen molar-refractivity contribution in [1.29, 1.82) is 0 Å². The van der Waals surface area contributed by atoms with Gasteiger partial charge in [0, 0.05) is 23.4 Å². The number of aromatic hydroxyl groups is 1. The third-order valence-electron chi connectivity index (χ3n) is 3.79. The van der Waals surface area contributed by atoms with Gasteiger partial charge in [0.15, 0.2) is 11.5 Å². The second-order valence-electron chi connectivity index (χ2n) is 5.59. The van der Waals surface area contributed by atoms with Crippen LogP contribution in [-0.2, 0) is 6.42 Å². The van der Waals surface area contributed by atoms with Crippen LogP contribution in [-0.4, -0.2) is 22.9 Å². The normalized spacial score (nSPS) is 11.1. The number of rotatable bonds is 6. The quantitative estimate of drug-likeness (QED) is 0.520. The van der Waals surface area contributed by atoms with Crippen molar-refractivity contribution in [1.82, 2.24) is 4.98 Å². The monoisotopic (exact) mass is 332 g/mol. The zero-order valence-electron chi connectivity index (χ0n) is 14.1. The molecule has 2 aromatic carbocycles. The molecule has 1 aromatic heterocycles. The lowest BCUT2D eigenvalue weighted by molar-refractivity contribution is 0.317. The first-order valence-electron chi connectivity index (χ1n) is 8.19. The molecule has 0 saturated carbocycles. The van der Waals surface area contributed by atoms with E-state index in [1.807, 2.05) is 43.3 Å². The molecule has 4 heteroatoms. The van der Waals surface area contributed by atoms with Crippen molar-refractivity contribution in [3.63, 3.8) is 0 Å². The van der Waals surface area contributed by atoms with Gasteiger partial charge in [-0.3, -0.25) is 9.98 Å². The van der Waals surface area contributed by atoms with E-state index in [0.717, 1.165) is 27.7 Å². The molecule has 1 heterocycles. The summed E-state index contributed by atoms with van der Waals surface area (Å²) in [6, 6.07) is 13.5. The fourth-order valence-electron chi connectivity index (χ4n) is 2.63. The van der Waals surface area contributed by atoms with Crippen molar-refractivity contribution in [2.45, 2.75) is 13.3 Å². The average molecular weight is 332 g/mol. The average Bonchev–Trinajstić information content (AvgIpc) is 2.63. The maximum absolute atomic E-state index is 10.3. The van der Waals surface area contributed by atoms with E-state index in [4.69, 9.17) is 4.74 Å². The number of phenols is 1. The number of aromatic nitrogens is 1. The highest BCUT2D eigenvalue weighted by molar-refractivity contribution is 5.86. The summed E-state index contributed by atoms with van der Waals surface area (Å²) in [5.41, 5.74) is 3.42. The molecule has 0 aliphatic carbocycles. The minimum atomic E-state index is 0.163. The maximum Gasteiger partial charge on any atom is 0.161 e. The van der Waals surface area contributed by atoms with Crippen molar-refractivity contribution in [2.75, 3.05) is 6.61 Å². The smallest absolute Gasteiger partial charge is 0.161 e. The molecule has 0 amide bonds. The Bertz CT molecular complexity index is 932. The third kappa shape index (κ3) is 3.86. The van der Waals surface area contributed by atoms with Gasteiger partial charge >= 0.3 is 0 Å². The van der Waals surface area contributed by atoms with Gasteiger partial charge in [0.25, 0.3) is 0 Å². The Balaban J connectivity index is 1.94. The van der Waals surface area contributed by atoms with Crippen LogP contribution in [0.1, 0.15) is 18.1 Å². The van der Waals surface area contributed by atoms with E-state index in [0.29, 0.717) is 18.8 Å². The van der Waals surface area contributed by atoms with E-state index in [9.17, 15) is 5.11 Å². The van der Waals surface area contributed by atoms with Gasteiger partial charge in [-0.25, -0.2) is 0 Å². The van der Waals surface area contributed by atoms with E-state index >= 15 is 0 Å². The zero-order chi connectivity index (χ0) is 17.6. The number of phenolic OH excluding ortho intramolecular Hbond substituents is 1. The van der Waals surface area contributed by atoms with Crippen molar-refractivity contribution in [3.05, 3.63) is 72.4 Å². The van der Waals surface area contributed by atoms with Gasteiger partial charge in [-0.05, 0) is 55.3 Å². The summed E-state index contributed by atoms with van der Waals surface area (Å²) >= 11 is 0. The number of benzene rings is 2. The number of pyridine rings is 1. The molecule has 126 valence electrons. The minimum Gasteiger partial charge on any atom is -0.504 e. The molecule has 25 heavy (non-hydrogen) atoms. The largest absolute Gasteiger partial charge is 0.504 e. The van der Waals surface area contributed by atoms with Gasteiger partial charge in [0.2, 0.25) is 0 Å². The summed E-state index contributed by atoms with van der Waals surface area (Å²) in [7, 11) is 0. The molecule has 0 aliphatic heterocycles. The first kappa shape index (κ1) is 16.7.